The Morgan fingerprint density at radius 3 is 2.51 bits per heavy atom. The third-order valence-electron chi connectivity index (χ3n) is 7.92. The van der Waals surface area contributed by atoms with Crippen molar-refractivity contribution < 1.29 is 49.3 Å². The van der Waals surface area contributed by atoms with Crippen molar-refractivity contribution in [1.82, 2.24) is 5.32 Å². The Labute approximate surface area is 274 Å². The number of unbranched alkanes of at least 4 members (excludes halogenated alkanes) is 3. The Hall–Kier alpha value is -4.15. The number of carboxylic acids is 1. The molecule has 0 spiro atoms. The molecule has 1 saturated heterocycles. The molecule has 2 aromatic rings. The fraction of sp³-hybridized carbons (Fsp3) is 0.364. The van der Waals surface area contributed by atoms with Crippen LogP contribution in [0.2, 0.25) is 0 Å². The summed E-state index contributed by atoms with van der Waals surface area (Å²) < 4.78 is 16.7. The summed E-state index contributed by atoms with van der Waals surface area (Å²) in [7, 11) is 0. The minimum atomic E-state index is -1.36. The lowest BCUT2D eigenvalue weighted by Crippen LogP contribution is -2.40. The van der Waals surface area contributed by atoms with Gasteiger partial charge in [-0.1, -0.05) is 18.9 Å². The van der Waals surface area contributed by atoms with Gasteiger partial charge >= 0.3 is 5.97 Å². The van der Waals surface area contributed by atoms with Crippen LogP contribution in [-0.2, 0) is 9.47 Å². The Kier molecular flexibility index (Phi) is 11.0. The standard InChI is InChI=1S/C33H36N2O11S/c36-16-24(39)30-28(40)29(41)32(46-30)44-12-4-2-1-3-11-34-33(47)35-17-5-8-20(23(13-17)31(42)43)27-21-9-6-18(37)14-25(21)45-26-15-19(38)7-10-22(26)27/h5-10,13-15,24,28-30,32,36-37,39-41H,1-4,11-12,16H2,(H,42,43)(H2,34,35,47)/t24-,28-,29-,30+,32-/m1/s1. The number of anilines is 1. The number of carboxylic acid groups (broad SMARTS) is 1. The Morgan fingerprint density at radius 1 is 0.979 bits per heavy atom. The molecule has 2 heterocycles. The lowest BCUT2D eigenvalue weighted by atomic mass is 9.90. The van der Waals surface area contributed by atoms with Crippen molar-refractivity contribution in [3.63, 3.8) is 0 Å². The van der Waals surface area contributed by atoms with Crippen LogP contribution in [0.5, 0.6) is 5.75 Å². The molecule has 3 aliphatic rings. The molecule has 47 heavy (non-hydrogen) atoms. The van der Waals surface area contributed by atoms with Crippen LogP contribution >= 0.6 is 12.2 Å². The highest BCUT2D eigenvalue weighted by Gasteiger charge is 2.46. The molecule has 5 atom stereocenters. The zero-order valence-corrected chi connectivity index (χ0v) is 26.0. The Bertz CT molecular complexity index is 1760. The van der Waals surface area contributed by atoms with Crippen molar-refractivity contribution in [3.8, 4) is 28.2 Å². The number of aromatic carboxylic acids is 1. The highest BCUT2D eigenvalue weighted by atomic mass is 32.1. The van der Waals surface area contributed by atoms with E-state index in [4.69, 9.17) is 31.2 Å². The number of thiocarbonyl (C=S) groups is 1. The SMILES string of the molecule is O=C(O)c1cc(NC(=S)NCCCCCCO[C@@H]2O[C@@H]([C@H](O)CO)[C@H](O)[C@H]2O)ccc1-c1c2ccc(=O)cc-2oc2cc(O)ccc12. The molecular weight excluding hydrogens is 632 g/mol. The van der Waals surface area contributed by atoms with Gasteiger partial charge in [-0.3, -0.25) is 4.79 Å². The smallest absolute Gasteiger partial charge is 0.336 e. The number of rotatable bonds is 13. The number of hydrogen-bond donors (Lipinski definition) is 8. The van der Waals surface area contributed by atoms with Crippen LogP contribution in [-0.4, -0.2) is 92.2 Å². The maximum absolute atomic E-state index is 12.4. The average Bonchev–Trinajstić information content (AvgIpc) is 3.33. The van der Waals surface area contributed by atoms with E-state index in [1.807, 2.05) is 0 Å². The fourth-order valence-electron chi connectivity index (χ4n) is 5.55. The summed E-state index contributed by atoms with van der Waals surface area (Å²) in [6.45, 7) is 0.231. The van der Waals surface area contributed by atoms with Gasteiger partial charge in [-0.25, -0.2) is 4.79 Å². The highest BCUT2D eigenvalue weighted by Crippen LogP contribution is 2.42. The summed E-state index contributed by atoms with van der Waals surface area (Å²) in [6.07, 6.45) is -3.09. The molecule has 8 N–H and O–H groups in total. The number of phenolic OH excluding ortho intramolecular Hbond substituents is 1. The number of phenols is 1. The van der Waals surface area contributed by atoms with Gasteiger partial charge < -0.3 is 55.2 Å². The summed E-state index contributed by atoms with van der Waals surface area (Å²) in [5, 5.41) is 65.9. The van der Waals surface area contributed by atoms with Gasteiger partial charge in [0, 0.05) is 47.5 Å². The normalized spacial score (nSPS) is 20.0. The number of carbonyl (C=O) groups is 1. The first-order valence-corrected chi connectivity index (χ1v) is 15.5. The zero-order valence-electron chi connectivity index (χ0n) is 25.2. The van der Waals surface area contributed by atoms with E-state index < -0.39 is 43.3 Å². The van der Waals surface area contributed by atoms with Gasteiger partial charge in [-0.2, -0.15) is 0 Å². The second-order valence-electron chi connectivity index (χ2n) is 11.2. The Morgan fingerprint density at radius 2 is 1.74 bits per heavy atom. The third kappa shape index (κ3) is 7.88. The van der Waals surface area contributed by atoms with E-state index in [1.165, 1.54) is 30.3 Å². The molecule has 1 aliphatic carbocycles. The van der Waals surface area contributed by atoms with Crippen LogP contribution < -0.4 is 16.1 Å². The van der Waals surface area contributed by atoms with Gasteiger partial charge in [0.25, 0.3) is 0 Å². The third-order valence-corrected chi connectivity index (χ3v) is 8.16. The first kappa shape index (κ1) is 34.2. The average molecular weight is 669 g/mol. The van der Waals surface area contributed by atoms with E-state index in [1.54, 1.807) is 24.3 Å². The largest absolute Gasteiger partial charge is 0.508 e. The van der Waals surface area contributed by atoms with Crippen LogP contribution in [0.25, 0.3) is 33.4 Å². The molecule has 2 aromatic carbocycles. The van der Waals surface area contributed by atoms with Gasteiger partial charge in [0.05, 0.1) is 12.2 Å². The predicted molar refractivity (Wildman–Crippen MR) is 176 cm³/mol. The molecule has 0 aromatic heterocycles. The van der Waals surface area contributed by atoms with Crippen molar-refractivity contribution >= 4 is 40.0 Å². The second kappa shape index (κ2) is 15.2. The first-order chi connectivity index (χ1) is 22.6. The van der Waals surface area contributed by atoms with E-state index in [0.29, 0.717) is 51.4 Å². The van der Waals surface area contributed by atoms with Gasteiger partial charge in [0.15, 0.2) is 16.8 Å². The van der Waals surface area contributed by atoms with E-state index in [-0.39, 0.29) is 29.1 Å². The van der Waals surface area contributed by atoms with Crippen LogP contribution in [0.3, 0.4) is 0 Å². The number of aromatic hydroxyl groups is 1. The molecule has 0 bridgehead atoms. The monoisotopic (exact) mass is 668 g/mol. The van der Waals surface area contributed by atoms with Crippen LogP contribution in [0, 0.1) is 0 Å². The molecule has 0 unspecified atom stereocenters. The maximum atomic E-state index is 12.4. The van der Waals surface area contributed by atoms with E-state index in [9.17, 15) is 35.1 Å². The molecule has 2 aliphatic heterocycles. The fourth-order valence-corrected chi connectivity index (χ4v) is 5.77. The number of aliphatic hydroxyl groups excluding tert-OH is 4. The zero-order chi connectivity index (χ0) is 33.7. The minimum absolute atomic E-state index is 0.00165. The number of nitrogens with one attached hydrogen (secondary N) is 2. The number of ether oxygens (including phenoxy) is 2. The Balaban J connectivity index is 1.14. The van der Waals surface area contributed by atoms with E-state index in [0.717, 1.165) is 19.3 Å². The summed E-state index contributed by atoms with van der Waals surface area (Å²) >= 11 is 5.41. The maximum Gasteiger partial charge on any atom is 0.336 e. The van der Waals surface area contributed by atoms with Crippen LogP contribution in [0.15, 0.2) is 63.8 Å². The number of benzene rings is 3. The lowest BCUT2D eigenvalue weighted by Gasteiger charge is -2.18. The van der Waals surface area contributed by atoms with E-state index >= 15 is 0 Å². The van der Waals surface area contributed by atoms with E-state index in [2.05, 4.69) is 10.6 Å². The molecule has 0 radical (unpaired) electrons. The molecule has 5 rings (SSSR count). The first-order valence-electron chi connectivity index (χ1n) is 15.1. The van der Waals surface area contributed by atoms with Crippen molar-refractivity contribution in [1.29, 1.82) is 0 Å². The van der Waals surface area contributed by atoms with Crippen molar-refractivity contribution in [2.75, 3.05) is 25.1 Å². The molecule has 250 valence electrons. The molecule has 13 nitrogen and oxygen atoms in total. The number of fused-ring (bicyclic) bond motifs is 2. The molecule has 0 saturated carbocycles. The molecule has 14 heteroatoms. The second-order valence-corrected chi connectivity index (χ2v) is 11.7. The minimum Gasteiger partial charge on any atom is -0.508 e. The molecule has 1 fully saturated rings. The quantitative estimate of drug-likeness (QED) is 0.0585. The summed E-state index contributed by atoms with van der Waals surface area (Å²) in [4.78, 5) is 24.5. The number of aliphatic hydroxyl groups is 4. The summed E-state index contributed by atoms with van der Waals surface area (Å²) in [5.74, 6) is -0.942. The van der Waals surface area contributed by atoms with Crippen molar-refractivity contribution in [2.24, 2.45) is 0 Å². The topological polar surface area (TPSA) is 211 Å². The number of hydrogen-bond acceptors (Lipinski definition) is 11. The van der Waals surface area contributed by atoms with Gasteiger partial charge in [-0.15, -0.1) is 0 Å². The van der Waals surface area contributed by atoms with Crippen LogP contribution in [0.4, 0.5) is 5.69 Å². The van der Waals surface area contributed by atoms with Crippen molar-refractivity contribution in [2.45, 2.75) is 56.4 Å². The summed E-state index contributed by atoms with van der Waals surface area (Å²) in [5.41, 5.74) is 1.98. The van der Waals surface area contributed by atoms with Gasteiger partial charge in [0.2, 0.25) is 0 Å². The summed E-state index contributed by atoms with van der Waals surface area (Å²) in [6, 6.07) is 13.7. The molecular formula is C33H36N2O11S. The predicted octanol–water partition coefficient (Wildman–Crippen LogP) is 2.63. The van der Waals surface area contributed by atoms with Gasteiger partial charge in [-0.05, 0) is 67.0 Å². The van der Waals surface area contributed by atoms with Crippen molar-refractivity contribution in [3.05, 3.63) is 70.4 Å². The highest BCUT2D eigenvalue weighted by molar-refractivity contribution is 7.80. The molecule has 0 amide bonds. The lowest BCUT2D eigenvalue weighted by molar-refractivity contribution is -0.181. The van der Waals surface area contributed by atoms with Crippen LogP contribution in [0.1, 0.15) is 36.0 Å². The van der Waals surface area contributed by atoms with Gasteiger partial charge in [0.1, 0.15) is 41.5 Å².